The fourth-order valence-electron chi connectivity index (χ4n) is 3.91. The Morgan fingerprint density at radius 2 is 1.83 bits per heavy atom. The number of carbonyl (C=O) groups excluding carboxylic acids is 2. The minimum Gasteiger partial charge on any atom is -0.433 e. The number of aryl methyl sites for hydroxylation is 1. The van der Waals surface area contributed by atoms with E-state index in [2.05, 4.69) is 5.16 Å². The van der Waals surface area contributed by atoms with Crippen LogP contribution in [0.5, 0.6) is 0 Å². The first-order valence-electron chi connectivity index (χ1n) is 10.9. The zero-order valence-electron chi connectivity index (χ0n) is 18.7. The maximum Gasteiger partial charge on any atom is 0.491 e. The summed E-state index contributed by atoms with van der Waals surface area (Å²) in [6.07, 6.45) is -4.89. The SMILES string of the molecule is O=C(CCc1cnoc1-c1ccc(F)cc1)N1CCN(c2ccccc2Cl)C(OC(=O)C(F)(F)F)C1. The van der Waals surface area contributed by atoms with Crippen LogP contribution in [0.25, 0.3) is 11.3 Å². The highest BCUT2D eigenvalue weighted by atomic mass is 35.5. The zero-order valence-corrected chi connectivity index (χ0v) is 19.4. The summed E-state index contributed by atoms with van der Waals surface area (Å²) in [6, 6.07) is 12.1. The maximum atomic E-state index is 13.2. The summed E-state index contributed by atoms with van der Waals surface area (Å²) < 4.78 is 62.0. The molecule has 2 aromatic carbocycles. The molecule has 0 bridgehead atoms. The van der Waals surface area contributed by atoms with Crippen molar-refractivity contribution in [2.45, 2.75) is 25.2 Å². The van der Waals surface area contributed by atoms with Crippen LogP contribution < -0.4 is 4.90 Å². The second-order valence-electron chi connectivity index (χ2n) is 8.03. The average Bonchev–Trinajstić information content (AvgIpc) is 3.31. The summed E-state index contributed by atoms with van der Waals surface area (Å²) in [4.78, 5) is 27.3. The van der Waals surface area contributed by atoms with E-state index >= 15 is 0 Å². The molecule has 3 aromatic rings. The molecule has 1 aliphatic heterocycles. The molecule has 1 aromatic heterocycles. The van der Waals surface area contributed by atoms with Crippen molar-refractivity contribution in [2.75, 3.05) is 24.5 Å². The number of hydrogen-bond donors (Lipinski definition) is 0. The van der Waals surface area contributed by atoms with Crippen LogP contribution in [0.2, 0.25) is 5.02 Å². The Balaban J connectivity index is 1.46. The highest BCUT2D eigenvalue weighted by Crippen LogP contribution is 2.31. The number of ether oxygens (including phenoxy) is 1. The molecule has 1 aliphatic rings. The molecule has 1 atom stereocenters. The third-order valence-electron chi connectivity index (χ3n) is 5.68. The van der Waals surface area contributed by atoms with Gasteiger partial charge in [0, 0.05) is 30.6 Å². The van der Waals surface area contributed by atoms with Crippen LogP contribution in [0.4, 0.5) is 23.2 Å². The lowest BCUT2D eigenvalue weighted by Crippen LogP contribution is -2.57. The van der Waals surface area contributed by atoms with E-state index in [9.17, 15) is 27.2 Å². The predicted octanol–water partition coefficient (Wildman–Crippen LogP) is 4.85. The molecule has 0 saturated carbocycles. The maximum absolute atomic E-state index is 13.2. The standard InChI is InChI=1S/C24H20ClF4N3O4/c25-18-3-1-2-4-19(18)32-12-11-31(14-21(32)35-23(34)24(27,28)29)20(33)10-7-16-13-30-36-22(16)15-5-8-17(26)9-6-15/h1-6,8-9,13,21H,7,10-12,14H2. The number of piperazine rings is 1. The first-order chi connectivity index (χ1) is 17.1. The number of halogens is 5. The molecule has 7 nitrogen and oxygen atoms in total. The van der Waals surface area contributed by atoms with E-state index < -0.39 is 24.2 Å². The van der Waals surface area contributed by atoms with E-state index in [1.807, 2.05) is 0 Å². The van der Waals surface area contributed by atoms with Crippen molar-refractivity contribution in [1.82, 2.24) is 10.1 Å². The van der Waals surface area contributed by atoms with Crippen LogP contribution in [0, 0.1) is 5.82 Å². The van der Waals surface area contributed by atoms with Crippen LogP contribution >= 0.6 is 11.6 Å². The van der Waals surface area contributed by atoms with Gasteiger partial charge in [0.2, 0.25) is 5.91 Å². The number of amides is 1. The molecule has 1 saturated heterocycles. The van der Waals surface area contributed by atoms with Gasteiger partial charge in [0.05, 0.1) is 23.5 Å². The quantitative estimate of drug-likeness (QED) is 0.338. The molecular weight excluding hydrogens is 506 g/mol. The van der Waals surface area contributed by atoms with Gasteiger partial charge >= 0.3 is 12.1 Å². The van der Waals surface area contributed by atoms with E-state index in [0.717, 1.165) is 0 Å². The molecule has 0 radical (unpaired) electrons. The van der Waals surface area contributed by atoms with Crippen molar-refractivity contribution in [3.8, 4) is 11.3 Å². The molecular formula is C24H20ClF4N3O4. The number of anilines is 1. The minimum atomic E-state index is -5.19. The molecule has 0 spiro atoms. The largest absolute Gasteiger partial charge is 0.491 e. The molecule has 2 heterocycles. The van der Waals surface area contributed by atoms with Crippen molar-refractivity contribution in [3.63, 3.8) is 0 Å². The van der Waals surface area contributed by atoms with E-state index in [0.29, 0.717) is 22.6 Å². The average molecular weight is 526 g/mol. The number of para-hydroxylation sites is 1. The van der Waals surface area contributed by atoms with Gasteiger partial charge in [-0.05, 0) is 42.8 Å². The summed E-state index contributed by atoms with van der Waals surface area (Å²) in [6.45, 7) is -0.00170. The van der Waals surface area contributed by atoms with Crippen LogP contribution in [-0.2, 0) is 20.7 Å². The van der Waals surface area contributed by atoms with E-state index in [4.69, 9.17) is 20.9 Å². The summed E-state index contributed by atoms with van der Waals surface area (Å²) in [5.41, 5.74) is 1.59. The normalized spacial score (nSPS) is 16.2. The summed E-state index contributed by atoms with van der Waals surface area (Å²) >= 11 is 6.21. The van der Waals surface area contributed by atoms with Crippen molar-refractivity contribution in [2.24, 2.45) is 0 Å². The van der Waals surface area contributed by atoms with Gasteiger partial charge in [0.15, 0.2) is 12.0 Å². The van der Waals surface area contributed by atoms with Gasteiger partial charge in [0.1, 0.15) is 5.82 Å². The summed E-state index contributed by atoms with van der Waals surface area (Å²) in [5, 5.41) is 4.02. The van der Waals surface area contributed by atoms with Crippen LogP contribution in [-0.4, -0.2) is 54.0 Å². The van der Waals surface area contributed by atoms with E-state index in [1.54, 1.807) is 24.3 Å². The van der Waals surface area contributed by atoms with Crippen molar-refractivity contribution in [1.29, 1.82) is 0 Å². The first kappa shape index (κ1) is 25.5. The van der Waals surface area contributed by atoms with E-state index in [1.165, 1.54) is 40.3 Å². The Bertz CT molecular complexity index is 1230. The van der Waals surface area contributed by atoms with Gasteiger partial charge in [-0.15, -0.1) is 0 Å². The Morgan fingerprint density at radius 1 is 1.11 bits per heavy atom. The van der Waals surface area contributed by atoms with Crippen LogP contribution in [0.3, 0.4) is 0 Å². The monoisotopic (exact) mass is 525 g/mol. The topological polar surface area (TPSA) is 75.9 Å². The zero-order chi connectivity index (χ0) is 25.9. The number of aromatic nitrogens is 1. The molecule has 12 heteroatoms. The smallest absolute Gasteiger partial charge is 0.433 e. The van der Waals surface area contributed by atoms with Gasteiger partial charge in [-0.1, -0.05) is 28.9 Å². The van der Waals surface area contributed by atoms with Gasteiger partial charge < -0.3 is 19.1 Å². The molecule has 190 valence electrons. The summed E-state index contributed by atoms with van der Waals surface area (Å²) in [5.74, 6) is -2.73. The van der Waals surface area contributed by atoms with Crippen LogP contribution in [0.15, 0.2) is 59.3 Å². The Kier molecular flexibility index (Phi) is 7.48. The molecule has 0 aliphatic carbocycles. The molecule has 1 fully saturated rings. The Labute approximate surface area is 208 Å². The molecule has 1 amide bonds. The second-order valence-corrected chi connectivity index (χ2v) is 8.44. The molecule has 1 unspecified atom stereocenters. The number of carbonyl (C=O) groups is 2. The van der Waals surface area contributed by atoms with Crippen molar-refractivity contribution >= 4 is 29.2 Å². The van der Waals surface area contributed by atoms with Gasteiger partial charge in [-0.2, -0.15) is 13.2 Å². The lowest BCUT2D eigenvalue weighted by atomic mass is 10.0. The summed E-state index contributed by atoms with van der Waals surface area (Å²) in [7, 11) is 0. The molecule has 36 heavy (non-hydrogen) atoms. The van der Waals surface area contributed by atoms with Gasteiger partial charge in [-0.25, -0.2) is 9.18 Å². The highest BCUT2D eigenvalue weighted by molar-refractivity contribution is 6.33. The number of benzene rings is 2. The van der Waals surface area contributed by atoms with Crippen molar-refractivity contribution < 1.29 is 36.4 Å². The van der Waals surface area contributed by atoms with Gasteiger partial charge in [-0.3, -0.25) is 4.79 Å². The van der Waals surface area contributed by atoms with Crippen LogP contribution in [0.1, 0.15) is 12.0 Å². The van der Waals surface area contributed by atoms with Crippen molar-refractivity contribution in [3.05, 3.63) is 71.1 Å². The fraction of sp³-hybridized carbons (Fsp3) is 0.292. The molecule has 0 N–H and O–H groups in total. The lowest BCUT2D eigenvalue weighted by molar-refractivity contribution is -0.206. The Hall–Kier alpha value is -3.60. The fourth-order valence-corrected chi connectivity index (χ4v) is 4.15. The minimum absolute atomic E-state index is 0.00143. The number of rotatable bonds is 6. The van der Waals surface area contributed by atoms with Gasteiger partial charge in [0.25, 0.3) is 0 Å². The number of alkyl halides is 3. The number of nitrogens with zero attached hydrogens (tertiary/aromatic N) is 3. The number of esters is 1. The molecule has 4 rings (SSSR count). The number of hydrogen-bond acceptors (Lipinski definition) is 6. The van der Waals surface area contributed by atoms with E-state index in [-0.39, 0.29) is 43.4 Å². The second kappa shape index (κ2) is 10.6. The predicted molar refractivity (Wildman–Crippen MR) is 122 cm³/mol. The third-order valence-corrected chi connectivity index (χ3v) is 6.00. The first-order valence-corrected chi connectivity index (χ1v) is 11.3. The Morgan fingerprint density at radius 3 is 2.53 bits per heavy atom. The highest BCUT2D eigenvalue weighted by Gasteiger charge is 2.44. The third kappa shape index (κ3) is 5.78. The lowest BCUT2D eigenvalue weighted by Gasteiger charge is -2.42.